The number of ether oxygens (including phenoxy) is 1. The summed E-state index contributed by atoms with van der Waals surface area (Å²) < 4.78 is 5.02. The lowest BCUT2D eigenvalue weighted by Gasteiger charge is -2.20. The van der Waals surface area contributed by atoms with E-state index in [1.807, 2.05) is 84.9 Å². The predicted octanol–water partition coefficient (Wildman–Crippen LogP) is 4.85. The molecule has 1 aliphatic carbocycles. The summed E-state index contributed by atoms with van der Waals surface area (Å²) in [5, 5.41) is 5.20. The minimum absolute atomic E-state index is 0.196. The van der Waals surface area contributed by atoms with E-state index in [9.17, 15) is 9.59 Å². The van der Waals surface area contributed by atoms with Gasteiger partial charge in [-0.05, 0) is 38.6 Å². The van der Waals surface area contributed by atoms with Crippen LogP contribution in [0.1, 0.15) is 22.6 Å². The van der Waals surface area contributed by atoms with Crippen molar-refractivity contribution in [3.8, 4) is 11.1 Å². The van der Waals surface area contributed by atoms with Gasteiger partial charge in [-0.1, -0.05) is 91.0 Å². The maximum absolute atomic E-state index is 13.5. The Morgan fingerprint density at radius 3 is 2.06 bits per heavy atom. The zero-order valence-electron chi connectivity index (χ0n) is 17.7. The van der Waals surface area contributed by atoms with Crippen LogP contribution in [0, 0.1) is 0 Å². The molecular formula is C28H23NO3. The average molecular weight is 421 g/mol. The number of benzene rings is 4. The first-order valence-corrected chi connectivity index (χ1v) is 10.7. The van der Waals surface area contributed by atoms with E-state index in [0.29, 0.717) is 6.42 Å². The van der Waals surface area contributed by atoms with Crippen LogP contribution >= 0.6 is 0 Å². The van der Waals surface area contributed by atoms with Crippen LogP contribution in [0.25, 0.3) is 21.9 Å². The number of amides is 1. The lowest BCUT2D eigenvalue weighted by molar-refractivity contribution is -0.145. The normalized spacial score (nSPS) is 13.3. The number of hydrogen-bond acceptors (Lipinski definition) is 3. The smallest absolute Gasteiger partial charge is 0.328 e. The van der Waals surface area contributed by atoms with Crippen molar-refractivity contribution in [2.75, 3.05) is 7.11 Å². The zero-order valence-corrected chi connectivity index (χ0v) is 17.7. The molecule has 0 heterocycles. The fraction of sp³-hybridized carbons (Fsp3) is 0.143. The van der Waals surface area contributed by atoms with Crippen LogP contribution in [-0.2, 0) is 20.7 Å². The summed E-state index contributed by atoms with van der Waals surface area (Å²) >= 11 is 0. The highest BCUT2D eigenvalue weighted by Gasteiger charge is 2.35. The van der Waals surface area contributed by atoms with Crippen LogP contribution in [0.2, 0.25) is 0 Å². The molecule has 4 aromatic carbocycles. The second kappa shape index (κ2) is 8.31. The van der Waals surface area contributed by atoms with Gasteiger partial charge in [0.25, 0.3) is 0 Å². The topological polar surface area (TPSA) is 55.4 Å². The number of nitrogens with one attached hydrogen (secondary N) is 1. The Balaban J connectivity index is 1.44. The first kappa shape index (κ1) is 20.0. The molecule has 1 aliphatic rings. The number of carbonyl (C=O) groups excluding carboxylic acids is 2. The molecule has 0 saturated carbocycles. The molecule has 0 saturated heterocycles. The number of hydrogen-bond donors (Lipinski definition) is 1. The summed E-state index contributed by atoms with van der Waals surface area (Å²) in [5.74, 6) is -1.10. The number of methoxy groups -OCH3 is 1. The van der Waals surface area contributed by atoms with Gasteiger partial charge in [-0.25, -0.2) is 4.79 Å². The van der Waals surface area contributed by atoms with Gasteiger partial charge in [0.05, 0.1) is 13.0 Å². The van der Waals surface area contributed by atoms with Gasteiger partial charge >= 0.3 is 5.97 Å². The highest BCUT2D eigenvalue weighted by atomic mass is 16.5. The zero-order chi connectivity index (χ0) is 22.1. The van der Waals surface area contributed by atoms with Crippen LogP contribution in [0.15, 0.2) is 91.0 Å². The third kappa shape index (κ3) is 3.54. The Kier molecular flexibility index (Phi) is 5.20. The molecule has 4 aromatic rings. The third-order valence-corrected chi connectivity index (χ3v) is 6.15. The maximum Gasteiger partial charge on any atom is 0.328 e. The van der Waals surface area contributed by atoms with E-state index in [0.717, 1.165) is 38.6 Å². The van der Waals surface area contributed by atoms with E-state index in [2.05, 4.69) is 11.4 Å². The quantitative estimate of drug-likeness (QED) is 0.469. The molecule has 0 spiro atoms. The third-order valence-electron chi connectivity index (χ3n) is 6.15. The van der Waals surface area contributed by atoms with E-state index in [4.69, 9.17) is 4.74 Å². The first-order valence-electron chi connectivity index (χ1n) is 10.7. The Morgan fingerprint density at radius 1 is 0.812 bits per heavy atom. The van der Waals surface area contributed by atoms with E-state index >= 15 is 0 Å². The fourth-order valence-corrected chi connectivity index (χ4v) is 4.63. The minimum Gasteiger partial charge on any atom is -0.467 e. The summed E-state index contributed by atoms with van der Waals surface area (Å²) in [6.07, 6.45) is 0.360. The van der Waals surface area contributed by atoms with Gasteiger partial charge < -0.3 is 10.1 Å². The van der Waals surface area contributed by atoms with Crippen LogP contribution in [0.3, 0.4) is 0 Å². The molecule has 1 atom stereocenters. The monoisotopic (exact) mass is 421 g/mol. The van der Waals surface area contributed by atoms with Crippen LogP contribution in [0.5, 0.6) is 0 Å². The minimum atomic E-state index is -0.770. The van der Waals surface area contributed by atoms with Crippen molar-refractivity contribution in [2.24, 2.45) is 0 Å². The van der Waals surface area contributed by atoms with Crippen molar-refractivity contribution in [3.05, 3.63) is 108 Å². The standard InChI is InChI=1S/C28H23NO3/c1-32-28(31)25(17-18-14-15-19-8-2-3-9-20(19)16-18)29-27(30)26-23-12-6-4-10-21(23)22-11-5-7-13-24(22)26/h2-16,25-26H,17H2,1H3,(H,29,30)/t25-/m0/s1. The van der Waals surface area contributed by atoms with E-state index < -0.39 is 17.9 Å². The second-order valence-corrected chi connectivity index (χ2v) is 8.08. The average Bonchev–Trinajstić information content (AvgIpc) is 3.17. The van der Waals surface area contributed by atoms with Crippen molar-refractivity contribution in [2.45, 2.75) is 18.4 Å². The molecule has 0 aromatic heterocycles. The molecule has 1 amide bonds. The summed E-state index contributed by atoms with van der Waals surface area (Å²) in [6, 6.07) is 29.3. The highest BCUT2D eigenvalue weighted by Crippen LogP contribution is 2.44. The summed E-state index contributed by atoms with van der Waals surface area (Å²) in [7, 11) is 1.35. The predicted molar refractivity (Wildman–Crippen MR) is 125 cm³/mol. The summed E-state index contributed by atoms with van der Waals surface area (Å²) in [4.78, 5) is 26.1. The van der Waals surface area contributed by atoms with Crippen LogP contribution in [0.4, 0.5) is 0 Å². The van der Waals surface area contributed by atoms with E-state index in [-0.39, 0.29) is 5.91 Å². The lowest BCUT2D eigenvalue weighted by atomic mass is 9.95. The molecule has 158 valence electrons. The lowest BCUT2D eigenvalue weighted by Crippen LogP contribution is -2.45. The molecular weight excluding hydrogens is 398 g/mol. The van der Waals surface area contributed by atoms with Crippen molar-refractivity contribution < 1.29 is 14.3 Å². The van der Waals surface area contributed by atoms with Gasteiger partial charge in [0, 0.05) is 6.42 Å². The Bertz CT molecular complexity index is 1280. The second-order valence-electron chi connectivity index (χ2n) is 8.08. The van der Waals surface area contributed by atoms with E-state index in [1.165, 1.54) is 7.11 Å². The molecule has 4 heteroatoms. The fourth-order valence-electron chi connectivity index (χ4n) is 4.63. The Morgan fingerprint density at radius 2 is 1.41 bits per heavy atom. The van der Waals surface area contributed by atoms with Gasteiger partial charge in [0.1, 0.15) is 6.04 Å². The summed E-state index contributed by atoms with van der Waals surface area (Å²) in [6.45, 7) is 0. The molecule has 0 aliphatic heterocycles. The molecule has 1 N–H and O–H groups in total. The number of fused-ring (bicyclic) bond motifs is 4. The summed E-state index contributed by atoms with van der Waals surface area (Å²) in [5.41, 5.74) is 5.01. The van der Waals surface area contributed by atoms with Gasteiger partial charge in [-0.3, -0.25) is 4.79 Å². The van der Waals surface area contributed by atoms with Crippen molar-refractivity contribution >= 4 is 22.6 Å². The van der Waals surface area contributed by atoms with Crippen molar-refractivity contribution in [1.29, 1.82) is 0 Å². The number of esters is 1. The first-order chi connectivity index (χ1) is 15.7. The molecule has 0 bridgehead atoms. The number of carbonyl (C=O) groups is 2. The SMILES string of the molecule is COC(=O)[C@H](Cc1ccc2ccccc2c1)NC(=O)C1c2ccccc2-c2ccccc21. The van der Waals surface area contributed by atoms with E-state index in [1.54, 1.807) is 0 Å². The van der Waals surface area contributed by atoms with Gasteiger partial charge in [-0.2, -0.15) is 0 Å². The Labute approximate surface area is 186 Å². The van der Waals surface area contributed by atoms with Crippen LogP contribution < -0.4 is 5.32 Å². The molecule has 4 nitrogen and oxygen atoms in total. The molecule has 0 unspecified atom stereocenters. The van der Waals surface area contributed by atoms with Crippen molar-refractivity contribution in [1.82, 2.24) is 5.32 Å². The molecule has 0 fully saturated rings. The van der Waals surface area contributed by atoms with Crippen LogP contribution in [-0.4, -0.2) is 25.0 Å². The van der Waals surface area contributed by atoms with Gasteiger partial charge in [-0.15, -0.1) is 0 Å². The Hall–Kier alpha value is -3.92. The molecule has 0 radical (unpaired) electrons. The highest BCUT2D eigenvalue weighted by molar-refractivity contribution is 5.98. The van der Waals surface area contributed by atoms with Gasteiger partial charge in [0.15, 0.2) is 0 Å². The maximum atomic E-state index is 13.5. The molecule has 5 rings (SSSR count). The molecule has 32 heavy (non-hydrogen) atoms. The van der Waals surface area contributed by atoms with Crippen molar-refractivity contribution in [3.63, 3.8) is 0 Å². The number of rotatable bonds is 5. The van der Waals surface area contributed by atoms with Gasteiger partial charge in [0.2, 0.25) is 5.91 Å². The largest absolute Gasteiger partial charge is 0.467 e.